The summed E-state index contributed by atoms with van der Waals surface area (Å²) >= 11 is 0. The molecule has 1 aromatic rings. The van der Waals surface area contributed by atoms with Crippen molar-refractivity contribution in [2.24, 2.45) is 5.41 Å². The topological polar surface area (TPSA) is 66.4 Å². The number of carboxylic acids is 1. The Labute approximate surface area is 117 Å². The molecule has 0 atom stereocenters. The van der Waals surface area contributed by atoms with Crippen LogP contribution in [0.15, 0.2) is 6.07 Å². The minimum absolute atomic E-state index is 0.00497. The molecular formula is C13H13F4NO3. The highest BCUT2D eigenvalue weighted by Gasteiger charge is 2.28. The molecule has 1 amide bonds. The summed E-state index contributed by atoms with van der Waals surface area (Å²) in [5.74, 6) is -9.46. The zero-order valence-corrected chi connectivity index (χ0v) is 11.3. The summed E-state index contributed by atoms with van der Waals surface area (Å²) in [4.78, 5) is 22.4. The third kappa shape index (κ3) is 3.71. The Balaban J connectivity index is 2.85. The fourth-order valence-electron chi connectivity index (χ4n) is 1.46. The lowest BCUT2D eigenvalue weighted by atomic mass is 9.90. The Morgan fingerprint density at radius 2 is 1.62 bits per heavy atom. The highest BCUT2D eigenvalue weighted by atomic mass is 19.2. The van der Waals surface area contributed by atoms with E-state index < -0.39 is 46.1 Å². The summed E-state index contributed by atoms with van der Waals surface area (Å²) in [7, 11) is 0. The first-order valence-corrected chi connectivity index (χ1v) is 5.92. The molecule has 2 N–H and O–H groups in total. The molecule has 0 saturated heterocycles. The molecule has 8 heteroatoms. The van der Waals surface area contributed by atoms with Crippen LogP contribution in [-0.4, -0.2) is 23.5 Å². The molecule has 0 spiro atoms. The standard InChI is InChI=1S/C13H13F4NO3/c1-13(2,12(20)21)3-4-18-11(19)8-9(16)6(14)5-7(15)10(8)17/h5H,3-4H2,1-2H3,(H,18,19)(H,20,21). The number of hydrogen-bond donors (Lipinski definition) is 2. The van der Waals surface area contributed by atoms with Crippen LogP contribution >= 0.6 is 0 Å². The van der Waals surface area contributed by atoms with E-state index in [2.05, 4.69) is 0 Å². The zero-order chi connectivity index (χ0) is 16.4. The molecule has 0 aliphatic carbocycles. The average Bonchev–Trinajstić information content (AvgIpc) is 2.36. The van der Waals surface area contributed by atoms with Crippen molar-refractivity contribution in [3.05, 3.63) is 34.9 Å². The lowest BCUT2D eigenvalue weighted by molar-refractivity contribution is -0.147. The Hall–Kier alpha value is -2.12. The second kappa shape index (κ2) is 6.11. The van der Waals surface area contributed by atoms with E-state index in [4.69, 9.17) is 5.11 Å². The van der Waals surface area contributed by atoms with E-state index in [1.807, 2.05) is 5.32 Å². The predicted octanol–water partition coefficient (Wildman–Crippen LogP) is 2.47. The maximum absolute atomic E-state index is 13.3. The minimum atomic E-state index is -1.80. The Morgan fingerprint density at radius 1 is 1.14 bits per heavy atom. The van der Waals surface area contributed by atoms with E-state index in [9.17, 15) is 27.2 Å². The van der Waals surface area contributed by atoms with Gasteiger partial charge in [-0.3, -0.25) is 9.59 Å². The van der Waals surface area contributed by atoms with Crippen molar-refractivity contribution in [3.8, 4) is 0 Å². The van der Waals surface area contributed by atoms with E-state index in [-0.39, 0.29) is 19.0 Å². The van der Waals surface area contributed by atoms with Crippen molar-refractivity contribution >= 4 is 11.9 Å². The molecule has 116 valence electrons. The van der Waals surface area contributed by atoms with Crippen LogP contribution in [0.2, 0.25) is 0 Å². The first-order chi connectivity index (χ1) is 9.58. The minimum Gasteiger partial charge on any atom is -0.481 e. The molecule has 0 radical (unpaired) electrons. The summed E-state index contributed by atoms with van der Waals surface area (Å²) in [6.45, 7) is 2.56. The van der Waals surface area contributed by atoms with Gasteiger partial charge in [0.1, 0.15) is 5.56 Å². The molecule has 0 unspecified atom stereocenters. The monoisotopic (exact) mass is 307 g/mol. The van der Waals surface area contributed by atoms with Gasteiger partial charge in [-0.25, -0.2) is 17.6 Å². The van der Waals surface area contributed by atoms with E-state index in [0.717, 1.165) is 0 Å². The quantitative estimate of drug-likeness (QED) is 0.649. The van der Waals surface area contributed by atoms with Crippen molar-refractivity contribution in [2.45, 2.75) is 20.3 Å². The molecule has 0 fully saturated rings. The number of rotatable bonds is 5. The van der Waals surface area contributed by atoms with Gasteiger partial charge in [0.05, 0.1) is 5.41 Å². The second-order valence-electron chi connectivity index (χ2n) is 5.04. The number of hydrogen-bond acceptors (Lipinski definition) is 2. The summed E-state index contributed by atoms with van der Waals surface area (Å²) < 4.78 is 52.6. The van der Waals surface area contributed by atoms with Crippen LogP contribution in [0, 0.1) is 28.7 Å². The van der Waals surface area contributed by atoms with Crippen LogP contribution in [0.5, 0.6) is 0 Å². The van der Waals surface area contributed by atoms with Gasteiger partial charge in [0.2, 0.25) is 0 Å². The second-order valence-corrected chi connectivity index (χ2v) is 5.04. The lowest BCUT2D eigenvalue weighted by Gasteiger charge is -2.19. The van der Waals surface area contributed by atoms with Crippen molar-refractivity contribution in [2.75, 3.05) is 6.54 Å². The molecule has 21 heavy (non-hydrogen) atoms. The fraction of sp³-hybridized carbons (Fsp3) is 0.385. The van der Waals surface area contributed by atoms with Crippen molar-refractivity contribution in [1.82, 2.24) is 5.32 Å². The summed E-state index contributed by atoms with van der Waals surface area (Å²) in [5, 5.41) is 10.9. The maximum Gasteiger partial charge on any atom is 0.309 e. The molecule has 0 heterocycles. The summed E-state index contributed by atoms with van der Waals surface area (Å²) in [6, 6.07) is -0.00497. The number of carbonyl (C=O) groups is 2. The van der Waals surface area contributed by atoms with Crippen LogP contribution in [-0.2, 0) is 4.79 Å². The molecular weight excluding hydrogens is 294 g/mol. The first kappa shape index (κ1) is 16.9. The number of aliphatic carboxylic acids is 1. The first-order valence-electron chi connectivity index (χ1n) is 5.92. The highest BCUT2D eigenvalue weighted by Crippen LogP contribution is 2.21. The van der Waals surface area contributed by atoms with E-state index in [0.29, 0.717) is 0 Å². The number of nitrogens with one attached hydrogen (secondary N) is 1. The Kier molecular flexibility index (Phi) is 4.93. The van der Waals surface area contributed by atoms with Gasteiger partial charge in [0.15, 0.2) is 23.3 Å². The highest BCUT2D eigenvalue weighted by molar-refractivity contribution is 5.94. The van der Waals surface area contributed by atoms with Gasteiger partial charge in [-0.15, -0.1) is 0 Å². The van der Waals surface area contributed by atoms with E-state index in [1.165, 1.54) is 13.8 Å². The SMILES string of the molecule is CC(C)(CCNC(=O)c1c(F)c(F)cc(F)c1F)C(=O)O. The molecule has 0 bridgehead atoms. The van der Waals surface area contributed by atoms with Crippen LogP contribution in [0.1, 0.15) is 30.6 Å². The largest absolute Gasteiger partial charge is 0.481 e. The number of halogens is 4. The number of benzene rings is 1. The van der Waals surface area contributed by atoms with Gasteiger partial charge in [-0.1, -0.05) is 0 Å². The van der Waals surface area contributed by atoms with Gasteiger partial charge in [0, 0.05) is 12.6 Å². The number of carboxylic acid groups (broad SMARTS) is 1. The maximum atomic E-state index is 13.3. The Morgan fingerprint density at radius 3 is 2.05 bits per heavy atom. The van der Waals surface area contributed by atoms with Gasteiger partial charge in [-0.05, 0) is 20.3 Å². The molecule has 0 aliphatic heterocycles. The molecule has 1 aromatic carbocycles. The van der Waals surface area contributed by atoms with Crippen molar-refractivity contribution < 1.29 is 32.3 Å². The van der Waals surface area contributed by atoms with Gasteiger partial charge >= 0.3 is 5.97 Å². The van der Waals surface area contributed by atoms with Crippen LogP contribution < -0.4 is 5.32 Å². The Bertz CT molecular complexity index is 561. The smallest absolute Gasteiger partial charge is 0.309 e. The van der Waals surface area contributed by atoms with Gasteiger partial charge in [-0.2, -0.15) is 0 Å². The lowest BCUT2D eigenvalue weighted by Crippen LogP contribution is -2.33. The van der Waals surface area contributed by atoms with Gasteiger partial charge in [0.25, 0.3) is 5.91 Å². The molecule has 1 rings (SSSR count). The molecule has 0 saturated carbocycles. The summed E-state index contributed by atoms with van der Waals surface area (Å²) in [6.07, 6.45) is -0.0326. The molecule has 0 aromatic heterocycles. The van der Waals surface area contributed by atoms with Gasteiger partial charge < -0.3 is 10.4 Å². The predicted molar refractivity (Wildman–Crippen MR) is 64.6 cm³/mol. The van der Waals surface area contributed by atoms with E-state index >= 15 is 0 Å². The fourth-order valence-corrected chi connectivity index (χ4v) is 1.46. The zero-order valence-electron chi connectivity index (χ0n) is 11.3. The third-order valence-corrected chi connectivity index (χ3v) is 2.95. The van der Waals surface area contributed by atoms with E-state index in [1.54, 1.807) is 0 Å². The normalized spacial score (nSPS) is 11.3. The van der Waals surface area contributed by atoms with Crippen molar-refractivity contribution in [1.29, 1.82) is 0 Å². The number of carbonyl (C=O) groups excluding carboxylic acids is 1. The van der Waals surface area contributed by atoms with Crippen molar-refractivity contribution in [3.63, 3.8) is 0 Å². The van der Waals surface area contributed by atoms with Crippen LogP contribution in [0.4, 0.5) is 17.6 Å². The van der Waals surface area contributed by atoms with Crippen LogP contribution in [0.25, 0.3) is 0 Å². The average molecular weight is 307 g/mol. The molecule has 4 nitrogen and oxygen atoms in total. The molecule has 0 aliphatic rings. The number of amides is 1. The third-order valence-electron chi connectivity index (χ3n) is 2.95. The van der Waals surface area contributed by atoms with Crippen LogP contribution in [0.3, 0.4) is 0 Å². The summed E-state index contributed by atoms with van der Waals surface area (Å²) in [5.41, 5.74) is -2.54.